The highest BCUT2D eigenvalue weighted by molar-refractivity contribution is 7.13. The molecule has 1 aromatic carbocycles. The molecule has 0 atom stereocenters. The van der Waals surface area contributed by atoms with Crippen molar-refractivity contribution in [2.75, 3.05) is 13.6 Å². The number of nitrogens with zero attached hydrogens (tertiary/aromatic N) is 2. The first-order valence-electron chi connectivity index (χ1n) is 4.99. The van der Waals surface area contributed by atoms with Gasteiger partial charge in [0.25, 0.3) is 0 Å². The highest BCUT2D eigenvalue weighted by atomic mass is 32.1. The summed E-state index contributed by atoms with van der Waals surface area (Å²) in [7, 11) is 2.06. The third-order valence-corrected chi connectivity index (χ3v) is 3.69. The number of aromatic nitrogens is 1. The van der Waals surface area contributed by atoms with Gasteiger partial charge in [-0.1, -0.05) is 0 Å². The van der Waals surface area contributed by atoms with E-state index in [1.165, 1.54) is 16.9 Å². The van der Waals surface area contributed by atoms with Crippen LogP contribution < -0.4 is 0 Å². The van der Waals surface area contributed by atoms with Gasteiger partial charge in [0.2, 0.25) is 0 Å². The van der Waals surface area contributed by atoms with Crippen LogP contribution in [0.15, 0.2) is 12.1 Å². The summed E-state index contributed by atoms with van der Waals surface area (Å²) in [6, 6.07) is 3.23. The maximum Gasteiger partial charge on any atom is 0.125 e. The summed E-state index contributed by atoms with van der Waals surface area (Å²) in [5.74, 6) is -0.150. The first kappa shape index (κ1) is 9.24. The summed E-state index contributed by atoms with van der Waals surface area (Å²) in [6.45, 7) is 1.81. The lowest BCUT2D eigenvalue weighted by molar-refractivity contribution is 0.335. The molecule has 78 valence electrons. The average Bonchev–Trinajstić information content (AvgIpc) is 2.50. The van der Waals surface area contributed by atoms with Gasteiger partial charge in [0.15, 0.2) is 0 Å². The normalized spacial score (nSPS) is 16.9. The minimum Gasteiger partial charge on any atom is -0.302 e. The van der Waals surface area contributed by atoms with Crippen LogP contribution in [0.1, 0.15) is 11.3 Å². The molecular formula is C11H11FN2S. The molecule has 0 unspecified atom stereocenters. The van der Waals surface area contributed by atoms with E-state index in [4.69, 9.17) is 0 Å². The number of likely N-dealkylation sites (N-methyl/N-ethyl adjacent to an activating group) is 1. The third-order valence-electron chi connectivity index (χ3n) is 2.86. The Kier molecular flexibility index (Phi) is 2.00. The maximum atomic E-state index is 13.3. The van der Waals surface area contributed by atoms with Crippen molar-refractivity contribution in [1.29, 1.82) is 0 Å². The fraction of sp³-hybridized carbons (Fsp3) is 0.364. The molecule has 3 rings (SSSR count). The summed E-state index contributed by atoms with van der Waals surface area (Å²) in [5.41, 5.74) is 2.21. The van der Waals surface area contributed by atoms with E-state index in [0.29, 0.717) is 0 Å². The van der Waals surface area contributed by atoms with Gasteiger partial charge in [-0.3, -0.25) is 0 Å². The first-order chi connectivity index (χ1) is 7.24. The number of halogens is 1. The van der Waals surface area contributed by atoms with E-state index in [1.807, 2.05) is 0 Å². The van der Waals surface area contributed by atoms with Gasteiger partial charge >= 0.3 is 0 Å². The van der Waals surface area contributed by atoms with Crippen molar-refractivity contribution >= 4 is 21.6 Å². The van der Waals surface area contributed by atoms with Crippen LogP contribution in [0.25, 0.3) is 10.1 Å². The maximum absolute atomic E-state index is 13.3. The topological polar surface area (TPSA) is 16.1 Å². The second kappa shape index (κ2) is 3.25. The number of hydrogen-bond acceptors (Lipinski definition) is 3. The van der Waals surface area contributed by atoms with Gasteiger partial charge in [-0.25, -0.2) is 4.39 Å². The number of hydrogen-bond donors (Lipinski definition) is 0. The number of benzene rings is 1. The van der Waals surface area contributed by atoms with Gasteiger partial charge in [-0.15, -0.1) is 0 Å². The van der Waals surface area contributed by atoms with Gasteiger partial charge in [-0.2, -0.15) is 4.37 Å². The van der Waals surface area contributed by atoms with Gasteiger partial charge in [0, 0.05) is 24.9 Å². The summed E-state index contributed by atoms with van der Waals surface area (Å²) >= 11 is 1.41. The van der Waals surface area contributed by atoms with Crippen LogP contribution in [0.5, 0.6) is 0 Å². The molecule has 0 fully saturated rings. The molecule has 0 bridgehead atoms. The van der Waals surface area contributed by atoms with Crippen LogP contribution in [0.2, 0.25) is 0 Å². The molecule has 0 amide bonds. The predicted octanol–water partition coefficient (Wildman–Crippen LogP) is 2.42. The Morgan fingerprint density at radius 3 is 3.20 bits per heavy atom. The van der Waals surface area contributed by atoms with E-state index >= 15 is 0 Å². The zero-order valence-electron chi connectivity index (χ0n) is 8.46. The van der Waals surface area contributed by atoms with Crippen molar-refractivity contribution in [3.8, 4) is 0 Å². The van der Waals surface area contributed by atoms with Crippen molar-refractivity contribution in [2.45, 2.75) is 13.0 Å². The van der Waals surface area contributed by atoms with Crippen molar-refractivity contribution in [3.05, 3.63) is 29.2 Å². The molecule has 0 saturated heterocycles. The molecule has 0 radical (unpaired) electrons. The molecule has 4 heteroatoms. The summed E-state index contributed by atoms with van der Waals surface area (Å²) in [5, 5.41) is 1.19. The standard InChI is InChI=1S/C11H11FN2S/c1-14-3-2-9-11-7(6-14)4-8(12)5-10(11)15-13-9/h4-5H,2-3,6H2,1H3. The van der Waals surface area contributed by atoms with Gasteiger partial charge in [0.1, 0.15) is 5.82 Å². The predicted molar refractivity (Wildman–Crippen MR) is 59.6 cm³/mol. The van der Waals surface area contributed by atoms with Crippen LogP contribution >= 0.6 is 11.5 Å². The van der Waals surface area contributed by atoms with Crippen molar-refractivity contribution in [1.82, 2.24) is 9.27 Å². The fourth-order valence-electron chi connectivity index (χ4n) is 2.15. The Bertz CT molecular complexity index is 521. The highest BCUT2D eigenvalue weighted by Crippen LogP contribution is 2.30. The smallest absolute Gasteiger partial charge is 0.125 e. The molecule has 2 nitrogen and oxygen atoms in total. The highest BCUT2D eigenvalue weighted by Gasteiger charge is 2.17. The minimum absolute atomic E-state index is 0.150. The van der Waals surface area contributed by atoms with Crippen molar-refractivity contribution < 1.29 is 4.39 Å². The van der Waals surface area contributed by atoms with E-state index in [2.05, 4.69) is 16.3 Å². The second-order valence-electron chi connectivity index (χ2n) is 4.06. The van der Waals surface area contributed by atoms with E-state index in [1.54, 1.807) is 12.1 Å². The SMILES string of the molecule is CN1CCc2nsc3cc(F)cc(c23)C1. The average molecular weight is 222 g/mol. The molecule has 0 spiro atoms. The van der Waals surface area contributed by atoms with Crippen LogP contribution in [0, 0.1) is 5.82 Å². The van der Waals surface area contributed by atoms with Crippen LogP contribution in [0.4, 0.5) is 4.39 Å². The molecule has 2 aromatic rings. The van der Waals surface area contributed by atoms with E-state index in [9.17, 15) is 4.39 Å². The first-order valence-corrected chi connectivity index (χ1v) is 5.76. The van der Waals surface area contributed by atoms with Gasteiger partial charge in [0.05, 0.1) is 10.4 Å². The third kappa shape index (κ3) is 1.44. The summed E-state index contributed by atoms with van der Waals surface area (Å²) in [6.07, 6.45) is 0.967. The lowest BCUT2D eigenvalue weighted by Crippen LogP contribution is -2.18. The molecular weight excluding hydrogens is 211 g/mol. The molecule has 0 aliphatic carbocycles. The summed E-state index contributed by atoms with van der Waals surface area (Å²) in [4.78, 5) is 2.21. The Balaban J connectivity index is 2.32. The molecule has 2 heterocycles. The van der Waals surface area contributed by atoms with Gasteiger partial charge < -0.3 is 4.90 Å². The Labute approximate surface area is 91.5 Å². The number of rotatable bonds is 0. The van der Waals surface area contributed by atoms with Crippen LogP contribution in [-0.2, 0) is 13.0 Å². The molecule has 1 aliphatic rings. The van der Waals surface area contributed by atoms with Crippen molar-refractivity contribution in [3.63, 3.8) is 0 Å². The lowest BCUT2D eigenvalue weighted by Gasteiger charge is -2.13. The Hall–Kier alpha value is -1.00. The second-order valence-corrected chi connectivity index (χ2v) is 4.86. The largest absolute Gasteiger partial charge is 0.302 e. The summed E-state index contributed by atoms with van der Waals surface area (Å²) < 4.78 is 18.7. The van der Waals surface area contributed by atoms with Gasteiger partial charge in [-0.05, 0) is 36.3 Å². The lowest BCUT2D eigenvalue weighted by atomic mass is 10.1. The molecule has 1 aliphatic heterocycles. The van der Waals surface area contributed by atoms with Crippen molar-refractivity contribution in [2.24, 2.45) is 0 Å². The molecule has 15 heavy (non-hydrogen) atoms. The molecule has 0 N–H and O–H groups in total. The van der Waals surface area contributed by atoms with E-state index in [0.717, 1.165) is 35.5 Å². The Morgan fingerprint density at radius 2 is 2.33 bits per heavy atom. The minimum atomic E-state index is -0.150. The van der Waals surface area contributed by atoms with Crippen LogP contribution in [0.3, 0.4) is 0 Å². The van der Waals surface area contributed by atoms with Crippen LogP contribution in [-0.4, -0.2) is 22.9 Å². The van der Waals surface area contributed by atoms with E-state index < -0.39 is 0 Å². The monoisotopic (exact) mass is 222 g/mol. The zero-order valence-corrected chi connectivity index (χ0v) is 9.27. The fourth-order valence-corrected chi connectivity index (χ4v) is 3.04. The zero-order chi connectivity index (χ0) is 10.4. The quantitative estimate of drug-likeness (QED) is 0.680. The van der Waals surface area contributed by atoms with E-state index in [-0.39, 0.29) is 5.82 Å². The Morgan fingerprint density at radius 1 is 1.47 bits per heavy atom. The molecule has 0 saturated carbocycles. The molecule has 1 aromatic heterocycles.